The normalized spacial score (nSPS) is 19.4. The number of rotatable bonds is 8. The molecular weight excluding hydrogens is 444 g/mol. The van der Waals surface area contributed by atoms with Crippen molar-refractivity contribution >= 4 is 17.0 Å². The molecule has 3 aromatic rings. The van der Waals surface area contributed by atoms with Crippen molar-refractivity contribution < 1.29 is 0 Å². The Hall–Kier alpha value is -2.44. The summed E-state index contributed by atoms with van der Waals surface area (Å²) in [6, 6.07) is 10.1. The van der Waals surface area contributed by atoms with E-state index in [0.29, 0.717) is 12.1 Å². The maximum atomic E-state index is 5.06. The van der Waals surface area contributed by atoms with E-state index in [0.717, 1.165) is 49.5 Å². The number of nitrogens with one attached hydrogen (secondary N) is 1. The highest BCUT2D eigenvalue weighted by Crippen LogP contribution is 2.36. The van der Waals surface area contributed by atoms with Gasteiger partial charge < -0.3 is 14.8 Å². The van der Waals surface area contributed by atoms with E-state index in [1.807, 2.05) is 6.20 Å². The second-order valence-electron chi connectivity index (χ2n) is 11.1. The Morgan fingerprint density at radius 1 is 1.00 bits per heavy atom. The van der Waals surface area contributed by atoms with Crippen molar-refractivity contribution in [3.05, 3.63) is 42.2 Å². The number of nitrogens with zero attached hydrogens (tertiary/aromatic N) is 5. The first kappa shape index (κ1) is 25.2. The lowest BCUT2D eigenvalue weighted by molar-refractivity contribution is 0.269. The highest BCUT2D eigenvalue weighted by atomic mass is 15.2. The van der Waals surface area contributed by atoms with E-state index >= 15 is 0 Å². The van der Waals surface area contributed by atoms with Crippen LogP contribution in [0.4, 0.5) is 5.95 Å². The Kier molecular flexibility index (Phi) is 8.22. The molecule has 1 aromatic carbocycles. The lowest BCUT2D eigenvalue weighted by Crippen LogP contribution is -2.28. The van der Waals surface area contributed by atoms with E-state index in [1.165, 1.54) is 68.3 Å². The van der Waals surface area contributed by atoms with Crippen LogP contribution in [0.2, 0.25) is 0 Å². The zero-order valence-electron chi connectivity index (χ0n) is 22.5. The highest BCUT2D eigenvalue weighted by molar-refractivity contribution is 5.94. The third kappa shape index (κ3) is 5.92. The number of hydrogen-bond donors (Lipinski definition) is 1. The molecule has 1 N–H and O–H groups in total. The molecule has 0 spiro atoms. The second kappa shape index (κ2) is 11.7. The number of anilines is 1. The van der Waals surface area contributed by atoms with Crippen LogP contribution in [0.25, 0.3) is 22.2 Å². The molecule has 1 saturated heterocycles. The van der Waals surface area contributed by atoms with Crippen molar-refractivity contribution in [3.63, 3.8) is 0 Å². The third-order valence-electron chi connectivity index (χ3n) is 8.12. The number of aromatic nitrogens is 3. The molecule has 0 amide bonds. The first-order valence-corrected chi connectivity index (χ1v) is 14.2. The molecule has 2 aromatic heterocycles. The summed E-state index contributed by atoms with van der Waals surface area (Å²) in [5.74, 6) is 0.753. The van der Waals surface area contributed by atoms with Gasteiger partial charge in [0.1, 0.15) is 5.65 Å². The van der Waals surface area contributed by atoms with Crippen LogP contribution in [0, 0.1) is 0 Å². The van der Waals surface area contributed by atoms with Crippen LogP contribution in [0.1, 0.15) is 76.8 Å². The Bertz CT molecular complexity index is 1110. The predicted octanol–water partition coefficient (Wildman–Crippen LogP) is 6.34. The van der Waals surface area contributed by atoms with E-state index < -0.39 is 0 Å². The molecule has 0 radical (unpaired) electrons. The minimum absolute atomic E-state index is 0.377. The van der Waals surface area contributed by atoms with Gasteiger partial charge in [0.25, 0.3) is 0 Å². The summed E-state index contributed by atoms with van der Waals surface area (Å²) in [7, 11) is 2.23. The third-order valence-corrected chi connectivity index (χ3v) is 8.12. The molecule has 194 valence electrons. The fourth-order valence-corrected chi connectivity index (χ4v) is 6.00. The lowest BCUT2D eigenvalue weighted by atomic mass is 9.95. The molecule has 1 saturated carbocycles. The van der Waals surface area contributed by atoms with Gasteiger partial charge in [0.15, 0.2) is 0 Å². The standard InChI is InChI=1S/C30H44N6/c1-4-9-23(2)32-30-31-20-27-28(22-36(29(27)33-30)26-10-6-5-7-11-26)25-14-12-24(13-15-25)21-35-17-8-16-34(3)18-19-35/h12-15,20,22-23,26H,4-11,16-19,21H2,1-3H3,(H,31,32,33)/t23-/m0/s1. The predicted molar refractivity (Wildman–Crippen MR) is 150 cm³/mol. The van der Waals surface area contributed by atoms with Crippen LogP contribution in [0.3, 0.4) is 0 Å². The SMILES string of the molecule is CCC[C@H](C)Nc1ncc2c(-c3ccc(CN4CCCN(C)CC4)cc3)cn(C3CCCCC3)c2n1. The van der Waals surface area contributed by atoms with E-state index in [2.05, 4.69) is 71.0 Å². The van der Waals surface area contributed by atoms with Crippen molar-refractivity contribution in [1.29, 1.82) is 0 Å². The van der Waals surface area contributed by atoms with Crippen LogP contribution in [0.5, 0.6) is 0 Å². The Balaban J connectivity index is 1.41. The van der Waals surface area contributed by atoms with Gasteiger partial charge in [-0.3, -0.25) is 4.90 Å². The summed E-state index contributed by atoms with van der Waals surface area (Å²) < 4.78 is 2.46. The molecule has 0 unspecified atom stereocenters. The van der Waals surface area contributed by atoms with E-state index in [9.17, 15) is 0 Å². The highest BCUT2D eigenvalue weighted by Gasteiger charge is 2.21. The molecule has 2 fully saturated rings. The molecule has 6 nitrogen and oxygen atoms in total. The topological polar surface area (TPSA) is 49.2 Å². The van der Waals surface area contributed by atoms with Gasteiger partial charge in [-0.1, -0.05) is 56.9 Å². The molecule has 1 aliphatic carbocycles. The Labute approximate surface area is 217 Å². The van der Waals surface area contributed by atoms with E-state index in [-0.39, 0.29) is 0 Å². The number of likely N-dealkylation sites (N-methyl/N-ethyl adjacent to an activating group) is 1. The van der Waals surface area contributed by atoms with Crippen molar-refractivity contribution in [3.8, 4) is 11.1 Å². The maximum absolute atomic E-state index is 5.06. The van der Waals surface area contributed by atoms with Gasteiger partial charge in [0.2, 0.25) is 5.95 Å². The van der Waals surface area contributed by atoms with Gasteiger partial charge in [0.05, 0.1) is 0 Å². The maximum Gasteiger partial charge on any atom is 0.224 e. The summed E-state index contributed by atoms with van der Waals surface area (Å²) in [6.07, 6.45) is 14.4. The van der Waals surface area contributed by atoms with Crippen LogP contribution >= 0.6 is 0 Å². The van der Waals surface area contributed by atoms with Crippen LogP contribution in [-0.4, -0.2) is 63.6 Å². The minimum atomic E-state index is 0.377. The summed E-state index contributed by atoms with van der Waals surface area (Å²) in [5.41, 5.74) is 4.99. The fraction of sp³-hybridized carbons (Fsp3) is 0.600. The molecule has 6 heteroatoms. The summed E-state index contributed by atoms with van der Waals surface area (Å²) in [4.78, 5) is 14.8. The lowest BCUT2D eigenvalue weighted by Gasteiger charge is -2.24. The number of hydrogen-bond acceptors (Lipinski definition) is 5. The molecule has 36 heavy (non-hydrogen) atoms. The average Bonchev–Trinajstić information content (AvgIpc) is 3.14. The van der Waals surface area contributed by atoms with E-state index in [1.54, 1.807) is 0 Å². The molecule has 3 heterocycles. The van der Waals surface area contributed by atoms with Crippen LogP contribution in [0.15, 0.2) is 36.7 Å². The van der Waals surface area contributed by atoms with Gasteiger partial charge in [-0.15, -0.1) is 0 Å². The van der Waals surface area contributed by atoms with Gasteiger partial charge >= 0.3 is 0 Å². The smallest absolute Gasteiger partial charge is 0.224 e. The van der Waals surface area contributed by atoms with Gasteiger partial charge in [-0.05, 0) is 63.9 Å². The van der Waals surface area contributed by atoms with Crippen molar-refractivity contribution in [2.24, 2.45) is 0 Å². The molecule has 1 aliphatic heterocycles. The molecular formula is C30H44N6. The summed E-state index contributed by atoms with van der Waals surface area (Å²) in [5, 5.41) is 4.69. The monoisotopic (exact) mass is 488 g/mol. The van der Waals surface area contributed by atoms with Crippen molar-refractivity contribution in [1.82, 2.24) is 24.3 Å². The van der Waals surface area contributed by atoms with Crippen LogP contribution in [-0.2, 0) is 6.54 Å². The average molecular weight is 489 g/mol. The van der Waals surface area contributed by atoms with Crippen molar-refractivity contribution in [2.75, 3.05) is 38.5 Å². The zero-order chi connectivity index (χ0) is 24.9. The largest absolute Gasteiger partial charge is 0.352 e. The second-order valence-corrected chi connectivity index (χ2v) is 11.1. The number of benzene rings is 1. The number of fused-ring (bicyclic) bond motifs is 1. The molecule has 1 atom stereocenters. The molecule has 0 bridgehead atoms. The van der Waals surface area contributed by atoms with E-state index in [4.69, 9.17) is 9.97 Å². The first-order chi connectivity index (χ1) is 17.6. The van der Waals surface area contributed by atoms with Gasteiger partial charge in [-0.25, -0.2) is 4.98 Å². The van der Waals surface area contributed by atoms with Crippen molar-refractivity contribution in [2.45, 2.75) is 83.8 Å². The van der Waals surface area contributed by atoms with Gasteiger partial charge in [0, 0.05) is 55.1 Å². The molecule has 2 aliphatic rings. The Morgan fingerprint density at radius 3 is 2.58 bits per heavy atom. The quantitative estimate of drug-likeness (QED) is 0.401. The first-order valence-electron chi connectivity index (χ1n) is 14.2. The van der Waals surface area contributed by atoms with Crippen LogP contribution < -0.4 is 5.32 Å². The fourth-order valence-electron chi connectivity index (χ4n) is 6.00. The summed E-state index contributed by atoms with van der Waals surface area (Å²) in [6.45, 7) is 10.2. The summed E-state index contributed by atoms with van der Waals surface area (Å²) >= 11 is 0. The minimum Gasteiger partial charge on any atom is -0.352 e. The van der Waals surface area contributed by atoms with Gasteiger partial charge in [-0.2, -0.15) is 4.98 Å². The molecule has 5 rings (SSSR count). The zero-order valence-corrected chi connectivity index (χ0v) is 22.5. The Morgan fingerprint density at radius 2 is 1.81 bits per heavy atom.